The summed E-state index contributed by atoms with van der Waals surface area (Å²) in [6, 6.07) is 3.70. The first-order valence-corrected chi connectivity index (χ1v) is 6.22. The Kier molecular flexibility index (Phi) is 3.93. The lowest BCUT2D eigenvalue weighted by Gasteiger charge is -2.07. The maximum absolute atomic E-state index is 12.0. The number of aromatic nitrogens is 3. The summed E-state index contributed by atoms with van der Waals surface area (Å²) in [7, 11) is 0. The zero-order valence-electron chi connectivity index (χ0n) is 11.3. The molecule has 0 fully saturated rings. The molecule has 2 rings (SSSR count). The SMILES string of the molecule is Cc1cccnc1-c1nc(C)c(CCC(=O)O)c(=O)[nH]1. The summed E-state index contributed by atoms with van der Waals surface area (Å²) in [5.41, 5.74) is 2.17. The average molecular weight is 273 g/mol. The summed E-state index contributed by atoms with van der Waals surface area (Å²) >= 11 is 0. The summed E-state index contributed by atoms with van der Waals surface area (Å²) < 4.78 is 0. The van der Waals surface area contributed by atoms with Crippen molar-refractivity contribution >= 4 is 5.97 Å². The molecule has 0 saturated carbocycles. The Morgan fingerprint density at radius 3 is 2.75 bits per heavy atom. The van der Waals surface area contributed by atoms with Crippen LogP contribution in [0.15, 0.2) is 23.1 Å². The predicted molar refractivity (Wildman–Crippen MR) is 73.5 cm³/mol. The Hall–Kier alpha value is -2.50. The quantitative estimate of drug-likeness (QED) is 0.879. The van der Waals surface area contributed by atoms with Gasteiger partial charge in [-0.3, -0.25) is 14.6 Å². The van der Waals surface area contributed by atoms with E-state index in [0.717, 1.165) is 5.56 Å². The zero-order chi connectivity index (χ0) is 14.7. The van der Waals surface area contributed by atoms with Crippen molar-refractivity contribution in [2.45, 2.75) is 26.7 Å². The van der Waals surface area contributed by atoms with Crippen LogP contribution in [0, 0.1) is 13.8 Å². The molecule has 6 heteroatoms. The number of carbonyl (C=O) groups is 1. The first-order valence-electron chi connectivity index (χ1n) is 6.22. The molecule has 0 unspecified atom stereocenters. The average Bonchev–Trinajstić information content (AvgIpc) is 2.37. The number of hydrogen-bond donors (Lipinski definition) is 2. The van der Waals surface area contributed by atoms with Gasteiger partial charge < -0.3 is 10.1 Å². The van der Waals surface area contributed by atoms with Gasteiger partial charge >= 0.3 is 5.97 Å². The van der Waals surface area contributed by atoms with E-state index in [-0.39, 0.29) is 18.4 Å². The Bertz CT molecular complexity index is 707. The van der Waals surface area contributed by atoms with Gasteiger partial charge in [-0.25, -0.2) is 4.98 Å². The Labute approximate surface area is 115 Å². The molecular weight excluding hydrogens is 258 g/mol. The van der Waals surface area contributed by atoms with Crippen LogP contribution < -0.4 is 5.56 Å². The van der Waals surface area contributed by atoms with Crippen molar-refractivity contribution in [1.82, 2.24) is 15.0 Å². The van der Waals surface area contributed by atoms with Crippen LogP contribution >= 0.6 is 0 Å². The summed E-state index contributed by atoms with van der Waals surface area (Å²) in [5.74, 6) is -0.530. The molecule has 0 aliphatic rings. The lowest BCUT2D eigenvalue weighted by atomic mass is 10.1. The Morgan fingerprint density at radius 2 is 2.15 bits per heavy atom. The number of hydrogen-bond acceptors (Lipinski definition) is 4. The number of pyridine rings is 1. The van der Waals surface area contributed by atoms with Crippen LogP contribution in [-0.4, -0.2) is 26.0 Å². The maximum Gasteiger partial charge on any atom is 0.303 e. The normalized spacial score (nSPS) is 10.5. The molecule has 0 amide bonds. The molecule has 0 radical (unpaired) electrons. The summed E-state index contributed by atoms with van der Waals surface area (Å²) in [6.45, 7) is 3.59. The highest BCUT2D eigenvalue weighted by Crippen LogP contribution is 2.16. The highest BCUT2D eigenvalue weighted by Gasteiger charge is 2.12. The monoisotopic (exact) mass is 273 g/mol. The second-order valence-corrected chi connectivity index (χ2v) is 4.54. The van der Waals surface area contributed by atoms with E-state index < -0.39 is 5.97 Å². The van der Waals surface area contributed by atoms with Crippen molar-refractivity contribution in [3.05, 3.63) is 45.5 Å². The molecule has 0 atom stereocenters. The predicted octanol–water partition coefficient (Wildman–Crippen LogP) is 1.47. The smallest absolute Gasteiger partial charge is 0.303 e. The third kappa shape index (κ3) is 2.90. The van der Waals surface area contributed by atoms with Crippen LogP contribution in [0.3, 0.4) is 0 Å². The van der Waals surface area contributed by atoms with E-state index >= 15 is 0 Å². The molecule has 0 aliphatic heterocycles. The van der Waals surface area contributed by atoms with Crippen molar-refractivity contribution in [2.24, 2.45) is 0 Å². The van der Waals surface area contributed by atoms with Crippen LogP contribution in [-0.2, 0) is 11.2 Å². The van der Waals surface area contributed by atoms with E-state index in [9.17, 15) is 9.59 Å². The molecule has 2 aromatic rings. The fourth-order valence-electron chi connectivity index (χ4n) is 1.98. The third-order valence-corrected chi connectivity index (χ3v) is 3.04. The number of rotatable bonds is 4. The van der Waals surface area contributed by atoms with E-state index in [1.165, 1.54) is 0 Å². The van der Waals surface area contributed by atoms with Gasteiger partial charge in [0.25, 0.3) is 5.56 Å². The number of carboxylic acids is 1. The number of nitrogens with one attached hydrogen (secondary N) is 1. The van der Waals surface area contributed by atoms with Crippen LogP contribution in [0.1, 0.15) is 23.2 Å². The number of aryl methyl sites for hydroxylation is 2. The van der Waals surface area contributed by atoms with Crippen molar-refractivity contribution in [1.29, 1.82) is 0 Å². The van der Waals surface area contributed by atoms with Crippen LogP contribution in [0.2, 0.25) is 0 Å². The summed E-state index contributed by atoms with van der Waals surface area (Å²) in [5, 5.41) is 8.68. The topological polar surface area (TPSA) is 95.9 Å². The van der Waals surface area contributed by atoms with E-state index in [4.69, 9.17) is 5.11 Å². The lowest BCUT2D eigenvalue weighted by Crippen LogP contribution is -2.19. The standard InChI is InChI=1S/C14H15N3O3/c1-8-4-3-7-15-12(8)13-16-9(2)10(14(20)17-13)5-6-11(18)19/h3-4,7H,5-6H2,1-2H3,(H,18,19)(H,16,17,20). The van der Waals surface area contributed by atoms with Crippen molar-refractivity contribution in [2.75, 3.05) is 0 Å². The fraction of sp³-hybridized carbons (Fsp3) is 0.286. The summed E-state index contributed by atoms with van der Waals surface area (Å²) in [6.07, 6.45) is 1.72. The molecule has 0 saturated heterocycles. The molecule has 2 N–H and O–H groups in total. The molecule has 0 spiro atoms. The number of aromatic amines is 1. The first kappa shape index (κ1) is 13.9. The molecule has 2 heterocycles. The molecule has 2 aromatic heterocycles. The molecular formula is C14H15N3O3. The second-order valence-electron chi connectivity index (χ2n) is 4.54. The molecule has 6 nitrogen and oxygen atoms in total. The molecule has 0 aliphatic carbocycles. The van der Waals surface area contributed by atoms with Crippen molar-refractivity contribution in [3.63, 3.8) is 0 Å². The number of nitrogens with zero attached hydrogens (tertiary/aromatic N) is 2. The lowest BCUT2D eigenvalue weighted by molar-refractivity contribution is -0.136. The van der Waals surface area contributed by atoms with Gasteiger partial charge in [0.1, 0.15) is 5.69 Å². The van der Waals surface area contributed by atoms with E-state index in [1.807, 2.05) is 19.1 Å². The third-order valence-electron chi connectivity index (χ3n) is 3.04. The fourth-order valence-corrected chi connectivity index (χ4v) is 1.98. The Balaban J connectivity index is 2.43. The van der Waals surface area contributed by atoms with Gasteiger partial charge in [0.15, 0.2) is 5.82 Å². The molecule has 0 bridgehead atoms. The van der Waals surface area contributed by atoms with Gasteiger partial charge in [0.05, 0.1) is 0 Å². The van der Waals surface area contributed by atoms with E-state index in [0.29, 0.717) is 22.8 Å². The van der Waals surface area contributed by atoms with Crippen LogP contribution in [0.25, 0.3) is 11.5 Å². The van der Waals surface area contributed by atoms with Gasteiger partial charge in [0.2, 0.25) is 0 Å². The summed E-state index contributed by atoms with van der Waals surface area (Å²) in [4.78, 5) is 33.8. The van der Waals surface area contributed by atoms with Gasteiger partial charge in [0, 0.05) is 23.9 Å². The zero-order valence-corrected chi connectivity index (χ0v) is 11.3. The Morgan fingerprint density at radius 1 is 1.40 bits per heavy atom. The van der Waals surface area contributed by atoms with Gasteiger partial charge in [-0.1, -0.05) is 6.07 Å². The number of aliphatic carboxylic acids is 1. The van der Waals surface area contributed by atoms with Crippen molar-refractivity contribution < 1.29 is 9.90 Å². The minimum Gasteiger partial charge on any atom is -0.481 e. The molecule has 20 heavy (non-hydrogen) atoms. The van der Waals surface area contributed by atoms with E-state index in [2.05, 4.69) is 15.0 Å². The minimum atomic E-state index is -0.937. The van der Waals surface area contributed by atoms with Crippen LogP contribution in [0.4, 0.5) is 0 Å². The van der Waals surface area contributed by atoms with Gasteiger partial charge in [-0.05, 0) is 31.9 Å². The number of carboxylic acid groups (broad SMARTS) is 1. The molecule has 0 aromatic carbocycles. The van der Waals surface area contributed by atoms with E-state index in [1.54, 1.807) is 13.1 Å². The van der Waals surface area contributed by atoms with Crippen LogP contribution in [0.5, 0.6) is 0 Å². The highest BCUT2D eigenvalue weighted by molar-refractivity contribution is 5.67. The minimum absolute atomic E-state index is 0.0897. The first-order chi connectivity index (χ1) is 9.49. The largest absolute Gasteiger partial charge is 0.481 e. The van der Waals surface area contributed by atoms with Gasteiger partial charge in [-0.2, -0.15) is 0 Å². The highest BCUT2D eigenvalue weighted by atomic mass is 16.4. The maximum atomic E-state index is 12.0. The second kappa shape index (κ2) is 5.64. The van der Waals surface area contributed by atoms with Crippen molar-refractivity contribution in [3.8, 4) is 11.5 Å². The number of H-pyrrole nitrogens is 1. The van der Waals surface area contributed by atoms with Gasteiger partial charge in [-0.15, -0.1) is 0 Å². The molecule has 104 valence electrons.